The van der Waals surface area contributed by atoms with E-state index in [1.807, 2.05) is 0 Å². The largest absolute Gasteiger partial charge is 0.462 e. The van der Waals surface area contributed by atoms with Crippen LogP contribution in [0.5, 0.6) is 0 Å². The second-order valence-electron chi connectivity index (χ2n) is 12.7. The Hall–Kier alpha value is -4.61. The first-order valence-electron chi connectivity index (χ1n) is 15.3. The van der Waals surface area contributed by atoms with Crippen molar-refractivity contribution in [1.82, 2.24) is 0 Å². The standard InChI is InChI=1S/C35H42O12/c1-18-15-16-34(8,9)32(41)30(46-33(42)25-13-11-10-12-14-25)29(45-23(6)38)20(3)28(44-22(5)37)26-27(43-21(4)36)19(2)17-35(26,31(18)40)47-24(7)39/h10-16,18-19,26-30H,3,17H2,1-2,4-9H3/b16-15+/t18-,19-,26+,27?,28?,29?,30+,35?/m0/s1. The Morgan fingerprint density at radius 2 is 1.30 bits per heavy atom. The first-order valence-corrected chi connectivity index (χ1v) is 15.3. The van der Waals surface area contributed by atoms with Gasteiger partial charge in [0.15, 0.2) is 23.3 Å². The summed E-state index contributed by atoms with van der Waals surface area (Å²) in [5.74, 6) is -8.64. The van der Waals surface area contributed by atoms with Crippen molar-refractivity contribution < 1.29 is 57.2 Å². The highest BCUT2D eigenvalue weighted by Gasteiger charge is 2.65. The smallest absolute Gasteiger partial charge is 0.338 e. The SMILES string of the molecule is C=C1C(OC(C)=O)[C@H]2C(OC(C)=O)[C@@H](C)CC2(OC(C)=O)C(=O)[C@@H](C)/C=C/C(C)(C)C(=O)[C@H](OC(=O)c2ccccc2)C1OC(C)=O. The minimum absolute atomic E-state index is 0.0936. The van der Waals surface area contributed by atoms with E-state index in [-0.39, 0.29) is 17.6 Å². The van der Waals surface area contributed by atoms with Gasteiger partial charge in [0, 0.05) is 51.0 Å². The Balaban J connectivity index is 2.42. The van der Waals surface area contributed by atoms with Gasteiger partial charge in [0.2, 0.25) is 6.10 Å². The van der Waals surface area contributed by atoms with E-state index < -0.39 is 94.6 Å². The number of ketones is 2. The van der Waals surface area contributed by atoms with E-state index >= 15 is 0 Å². The van der Waals surface area contributed by atoms with Crippen molar-refractivity contribution in [1.29, 1.82) is 0 Å². The van der Waals surface area contributed by atoms with Gasteiger partial charge in [0.25, 0.3) is 0 Å². The van der Waals surface area contributed by atoms with E-state index in [0.29, 0.717) is 0 Å². The number of hydrogen-bond acceptors (Lipinski definition) is 12. The van der Waals surface area contributed by atoms with E-state index in [0.717, 1.165) is 27.7 Å². The molecule has 0 heterocycles. The van der Waals surface area contributed by atoms with Crippen LogP contribution in [0, 0.1) is 23.2 Å². The van der Waals surface area contributed by atoms with E-state index in [9.17, 15) is 33.6 Å². The van der Waals surface area contributed by atoms with Crippen molar-refractivity contribution in [2.75, 3.05) is 0 Å². The first-order chi connectivity index (χ1) is 21.8. The zero-order chi connectivity index (χ0) is 35.4. The lowest BCUT2D eigenvalue weighted by atomic mass is 9.72. The topological polar surface area (TPSA) is 166 Å². The normalized spacial score (nSPS) is 31.2. The summed E-state index contributed by atoms with van der Waals surface area (Å²) in [5.41, 5.74) is -3.65. The van der Waals surface area contributed by atoms with Crippen LogP contribution in [0.2, 0.25) is 0 Å². The van der Waals surface area contributed by atoms with Crippen LogP contribution >= 0.6 is 0 Å². The van der Waals surface area contributed by atoms with Crippen molar-refractivity contribution in [3.8, 4) is 0 Å². The number of ether oxygens (including phenoxy) is 5. The van der Waals surface area contributed by atoms with Gasteiger partial charge in [-0.3, -0.25) is 28.8 Å². The van der Waals surface area contributed by atoms with Crippen LogP contribution in [-0.4, -0.2) is 71.4 Å². The van der Waals surface area contributed by atoms with Gasteiger partial charge in [-0.05, 0) is 31.9 Å². The number of Topliss-reactive ketones (excluding diaryl/α,β-unsaturated/α-hetero) is 2. The lowest BCUT2D eigenvalue weighted by molar-refractivity contribution is -0.186. The number of benzene rings is 1. The molecule has 1 fully saturated rings. The fourth-order valence-corrected chi connectivity index (χ4v) is 6.38. The second-order valence-corrected chi connectivity index (χ2v) is 12.7. The summed E-state index contributed by atoms with van der Waals surface area (Å²) in [5, 5.41) is 0. The molecule has 1 aromatic rings. The third kappa shape index (κ3) is 8.04. The van der Waals surface area contributed by atoms with Crippen molar-refractivity contribution >= 4 is 41.4 Å². The maximum absolute atomic E-state index is 14.5. The van der Waals surface area contributed by atoms with Crippen molar-refractivity contribution in [2.45, 2.75) is 91.8 Å². The van der Waals surface area contributed by atoms with Crippen LogP contribution in [-0.2, 0) is 52.5 Å². The minimum Gasteiger partial charge on any atom is -0.462 e. The summed E-state index contributed by atoms with van der Waals surface area (Å²) in [4.78, 5) is 92.5. The molecule has 0 radical (unpaired) electrons. The van der Waals surface area contributed by atoms with Crippen LogP contribution in [0.3, 0.4) is 0 Å². The molecule has 4 unspecified atom stereocenters. The number of rotatable bonds is 6. The zero-order valence-electron chi connectivity index (χ0n) is 27.9. The summed E-state index contributed by atoms with van der Waals surface area (Å²) in [6.07, 6.45) is -3.69. The summed E-state index contributed by atoms with van der Waals surface area (Å²) in [7, 11) is 0. The Bertz CT molecular complexity index is 1470. The lowest BCUT2D eigenvalue weighted by Crippen LogP contribution is -2.58. The van der Waals surface area contributed by atoms with Gasteiger partial charge >= 0.3 is 29.8 Å². The highest BCUT2D eigenvalue weighted by molar-refractivity contribution is 5.97. The van der Waals surface area contributed by atoms with E-state index in [1.54, 1.807) is 32.0 Å². The molecule has 1 aromatic carbocycles. The molecule has 2 aliphatic carbocycles. The second kappa shape index (κ2) is 14.4. The van der Waals surface area contributed by atoms with Crippen LogP contribution in [0.1, 0.15) is 72.2 Å². The fourth-order valence-electron chi connectivity index (χ4n) is 6.38. The first kappa shape index (κ1) is 36.9. The Morgan fingerprint density at radius 1 is 0.745 bits per heavy atom. The minimum atomic E-state index is -2.04. The van der Waals surface area contributed by atoms with E-state index in [4.69, 9.17) is 23.7 Å². The fraction of sp³-hybridized carbons (Fsp3) is 0.514. The average Bonchev–Trinajstić information content (AvgIpc) is 3.24. The maximum atomic E-state index is 14.5. The molecular weight excluding hydrogens is 612 g/mol. The van der Waals surface area contributed by atoms with Gasteiger partial charge < -0.3 is 23.7 Å². The third-order valence-electron chi connectivity index (χ3n) is 8.39. The molecule has 0 bridgehead atoms. The van der Waals surface area contributed by atoms with E-state index in [1.165, 1.54) is 38.1 Å². The van der Waals surface area contributed by atoms with Gasteiger partial charge in [-0.2, -0.15) is 0 Å². The summed E-state index contributed by atoms with van der Waals surface area (Å²) in [6.45, 7) is 14.7. The predicted molar refractivity (Wildman–Crippen MR) is 165 cm³/mol. The molecule has 1 saturated carbocycles. The number of carbonyl (C=O) groups is 7. The highest BCUT2D eigenvalue weighted by atomic mass is 16.6. The van der Waals surface area contributed by atoms with Crippen molar-refractivity contribution in [2.24, 2.45) is 23.2 Å². The number of esters is 5. The summed E-state index contributed by atoms with van der Waals surface area (Å²) < 4.78 is 28.8. The number of hydrogen-bond donors (Lipinski definition) is 0. The third-order valence-corrected chi connectivity index (χ3v) is 8.39. The molecule has 0 aromatic heterocycles. The molecule has 254 valence electrons. The summed E-state index contributed by atoms with van der Waals surface area (Å²) in [6, 6.07) is 7.80. The predicted octanol–water partition coefficient (Wildman–Crippen LogP) is 3.89. The quantitative estimate of drug-likeness (QED) is 0.247. The molecule has 0 saturated heterocycles. The van der Waals surface area contributed by atoms with Crippen LogP contribution < -0.4 is 0 Å². The molecule has 3 rings (SSSR count). The number of carbonyl (C=O) groups excluding carboxylic acids is 7. The Labute approximate surface area is 273 Å². The molecule has 12 nitrogen and oxygen atoms in total. The van der Waals surface area contributed by atoms with Gasteiger partial charge in [-0.1, -0.05) is 50.8 Å². The number of fused-ring (bicyclic) bond motifs is 1. The average molecular weight is 655 g/mol. The lowest BCUT2D eigenvalue weighted by Gasteiger charge is -2.42. The van der Waals surface area contributed by atoms with Crippen LogP contribution in [0.15, 0.2) is 54.6 Å². The van der Waals surface area contributed by atoms with Crippen LogP contribution in [0.25, 0.3) is 0 Å². The monoisotopic (exact) mass is 654 g/mol. The van der Waals surface area contributed by atoms with Crippen molar-refractivity contribution in [3.05, 3.63) is 60.2 Å². The Morgan fingerprint density at radius 3 is 1.83 bits per heavy atom. The molecule has 8 atom stereocenters. The molecule has 0 amide bonds. The maximum Gasteiger partial charge on any atom is 0.338 e. The van der Waals surface area contributed by atoms with Crippen LogP contribution in [0.4, 0.5) is 0 Å². The van der Waals surface area contributed by atoms with Crippen molar-refractivity contribution in [3.63, 3.8) is 0 Å². The Kier molecular flexibility index (Phi) is 11.3. The number of allylic oxidation sites excluding steroid dienone is 2. The van der Waals surface area contributed by atoms with Gasteiger partial charge in [-0.15, -0.1) is 0 Å². The molecule has 2 aliphatic rings. The van der Waals surface area contributed by atoms with Gasteiger partial charge in [0.05, 0.1) is 11.5 Å². The molecule has 0 spiro atoms. The van der Waals surface area contributed by atoms with Gasteiger partial charge in [-0.25, -0.2) is 4.79 Å². The van der Waals surface area contributed by atoms with Gasteiger partial charge in [0.1, 0.15) is 12.2 Å². The highest BCUT2D eigenvalue weighted by Crippen LogP contribution is 2.51. The van der Waals surface area contributed by atoms with E-state index in [2.05, 4.69) is 6.58 Å². The molecule has 0 N–H and O–H groups in total. The summed E-state index contributed by atoms with van der Waals surface area (Å²) >= 11 is 0. The molecular formula is C35H42O12. The molecule has 0 aliphatic heterocycles. The molecule has 12 heteroatoms. The molecule has 47 heavy (non-hydrogen) atoms. The zero-order valence-corrected chi connectivity index (χ0v) is 27.9.